The van der Waals surface area contributed by atoms with Crippen LogP contribution in [0.3, 0.4) is 0 Å². The SMILES string of the molecule is C=[PH+]c1ccccc1. The first-order valence-corrected chi connectivity index (χ1v) is 3.72. The fourth-order valence-corrected chi connectivity index (χ4v) is 0.984. The van der Waals surface area contributed by atoms with Gasteiger partial charge < -0.3 is 0 Å². The summed E-state index contributed by atoms with van der Waals surface area (Å²) in [5.41, 5.74) is 0. The molecule has 0 aliphatic rings. The van der Waals surface area contributed by atoms with Crippen LogP contribution in [0, 0.1) is 0 Å². The topological polar surface area (TPSA) is 0 Å². The molecule has 0 bridgehead atoms. The Morgan fingerprint density at radius 3 is 2.12 bits per heavy atom. The number of benzene rings is 1. The Hall–Kier alpha value is -0.610. The summed E-state index contributed by atoms with van der Waals surface area (Å²) in [6, 6.07) is 10.3. The van der Waals surface area contributed by atoms with E-state index in [-0.39, 0.29) is 0 Å². The fourth-order valence-electron chi connectivity index (χ4n) is 0.556. The van der Waals surface area contributed by atoms with E-state index in [1.54, 1.807) is 0 Å². The first kappa shape index (κ1) is 5.53. The summed E-state index contributed by atoms with van der Waals surface area (Å²) in [4.78, 5) is 0. The Bertz CT molecular complexity index is 167. The van der Waals surface area contributed by atoms with Gasteiger partial charge in [-0.3, -0.25) is 0 Å². The van der Waals surface area contributed by atoms with Gasteiger partial charge in [-0.1, -0.05) is 18.2 Å². The maximum atomic E-state index is 3.78. The molecule has 1 aromatic rings. The van der Waals surface area contributed by atoms with Crippen LogP contribution in [0.4, 0.5) is 0 Å². The fraction of sp³-hybridized carbons (Fsp3) is 0. The van der Waals surface area contributed by atoms with E-state index in [1.165, 1.54) is 5.30 Å². The molecule has 40 valence electrons. The van der Waals surface area contributed by atoms with E-state index in [4.69, 9.17) is 0 Å². The van der Waals surface area contributed by atoms with Crippen LogP contribution in [0.5, 0.6) is 0 Å². The zero-order valence-electron chi connectivity index (χ0n) is 4.59. The van der Waals surface area contributed by atoms with Crippen LogP contribution in [0.2, 0.25) is 0 Å². The molecule has 1 atom stereocenters. The van der Waals surface area contributed by atoms with Crippen LogP contribution in [-0.2, 0) is 0 Å². The van der Waals surface area contributed by atoms with Crippen molar-refractivity contribution in [1.82, 2.24) is 0 Å². The Morgan fingerprint density at radius 1 is 1.12 bits per heavy atom. The van der Waals surface area contributed by atoms with E-state index in [0.29, 0.717) is 8.20 Å². The zero-order chi connectivity index (χ0) is 5.82. The van der Waals surface area contributed by atoms with Crippen LogP contribution in [0.25, 0.3) is 0 Å². The van der Waals surface area contributed by atoms with Crippen LogP contribution in [0.1, 0.15) is 0 Å². The molecule has 0 radical (unpaired) electrons. The third-order valence-corrected chi connectivity index (χ3v) is 1.72. The van der Waals surface area contributed by atoms with E-state index < -0.39 is 0 Å². The monoisotopic (exact) mass is 123 g/mol. The number of hydrogen-bond acceptors (Lipinski definition) is 0. The molecule has 1 aromatic carbocycles. The Morgan fingerprint density at radius 2 is 1.75 bits per heavy atom. The molecule has 0 saturated carbocycles. The van der Waals surface area contributed by atoms with Gasteiger partial charge in [-0.25, -0.2) is 0 Å². The second-order valence-electron chi connectivity index (χ2n) is 1.54. The van der Waals surface area contributed by atoms with Gasteiger partial charge in [0.1, 0.15) is 13.5 Å². The lowest BCUT2D eigenvalue weighted by atomic mass is 10.4. The normalized spacial score (nSPS) is 9.50. The Kier molecular flexibility index (Phi) is 1.82. The van der Waals surface area contributed by atoms with E-state index in [1.807, 2.05) is 18.2 Å². The molecule has 0 N–H and O–H groups in total. The first-order valence-electron chi connectivity index (χ1n) is 2.51. The van der Waals surface area contributed by atoms with Gasteiger partial charge in [0.2, 0.25) is 0 Å². The lowest BCUT2D eigenvalue weighted by molar-refractivity contribution is 1.78. The van der Waals surface area contributed by atoms with Gasteiger partial charge >= 0.3 is 0 Å². The predicted octanol–water partition coefficient (Wildman–Crippen LogP) is 1.42. The molecule has 0 nitrogen and oxygen atoms in total. The second-order valence-corrected chi connectivity index (χ2v) is 2.47. The highest BCUT2D eigenvalue weighted by atomic mass is 31.1. The molecular weight excluding hydrogens is 115 g/mol. The second kappa shape index (κ2) is 2.64. The molecule has 0 amide bonds. The minimum absolute atomic E-state index is 0.680. The molecule has 0 spiro atoms. The van der Waals surface area contributed by atoms with Crippen molar-refractivity contribution in [3.05, 3.63) is 30.3 Å². The highest BCUT2D eigenvalue weighted by molar-refractivity contribution is 7.45. The molecule has 0 aliphatic heterocycles. The van der Waals surface area contributed by atoms with Gasteiger partial charge in [0.05, 0.1) is 6.30 Å². The quantitative estimate of drug-likeness (QED) is 0.495. The van der Waals surface area contributed by atoms with Gasteiger partial charge in [0.25, 0.3) is 0 Å². The molecular formula is C7H8P+. The van der Waals surface area contributed by atoms with E-state index >= 15 is 0 Å². The number of hydrogen-bond donors (Lipinski definition) is 0. The summed E-state index contributed by atoms with van der Waals surface area (Å²) in [5.74, 6) is 0. The van der Waals surface area contributed by atoms with Crippen molar-refractivity contribution < 1.29 is 0 Å². The molecule has 0 aromatic heterocycles. The molecule has 0 aliphatic carbocycles. The zero-order valence-corrected chi connectivity index (χ0v) is 5.59. The maximum Gasteiger partial charge on any atom is 0.145 e. The molecule has 8 heavy (non-hydrogen) atoms. The van der Waals surface area contributed by atoms with Gasteiger partial charge in [0.15, 0.2) is 0 Å². The van der Waals surface area contributed by atoms with E-state index in [9.17, 15) is 0 Å². The van der Waals surface area contributed by atoms with Crippen molar-refractivity contribution in [3.63, 3.8) is 0 Å². The van der Waals surface area contributed by atoms with Crippen LogP contribution >= 0.6 is 8.20 Å². The van der Waals surface area contributed by atoms with Crippen molar-refractivity contribution in [3.8, 4) is 0 Å². The van der Waals surface area contributed by atoms with E-state index in [0.717, 1.165) is 0 Å². The molecule has 1 rings (SSSR count). The average Bonchev–Trinajstić information content (AvgIpc) is 1.90. The summed E-state index contributed by atoms with van der Waals surface area (Å²) in [6.07, 6.45) is 3.78. The van der Waals surface area contributed by atoms with Crippen molar-refractivity contribution in [2.24, 2.45) is 0 Å². The Labute approximate surface area is 51.0 Å². The summed E-state index contributed by atoms with van der Waals surface area (Å²) < 4.78 is 0. The highest BCUT2D eigenvalue weighted by Gasteiger charge is 1.85. The third kappa shape index (κ3) is 1.18. The predicted molar refractivity (Wildman–Crippen MR) is 41.5 cm³/mol. The largest absolute Gasteiger partial charge is 0.145 e. The lowest BCUT2D eigenvalue weighted by Crippen LogP contribution is -1.85. The molecule has 0 saturated heterocycles. The Balaban J connectivity index is 2.99. The lowest BCUT2D eigenvalue weighted by Gasteiger charge is -1.77. The van der Waals surface area contributed by atoms with Crippen molar-refractivity contribution in [2.75, 3.05) is 0 Å². The van der Waals surface area contributed by atoms with Gasteiger partial charge in [-0.15, -0.1) is 0 Å². The van der Waals surface area contributed by atoms with Gasteiger partial charge in [-0.2, -0.15) is 0 Å². The minimum Gasteiger partial charge on any atom is -0.0619 e. The number of rotatable bonds is 1. The smallest absolute Gasteiger partial charge is 0.0619 e. The summed E-state index contributed by atoms with van der Waals surface area (Å²) >= 11 is 0. The van der Waals surface area contributed by atoms with Crippen LogP contribution in [0.15, 0.2) is 30.3 Å². The highest BCUT2D eigenvalue weighted by Crippen LogP contribution is 1.91. The average molecular weight is 123 g/mol. The van der Waals surface area contributed by atoms with Crippen LogP contribution in [-0.4, -0.2) is 6.30 Å². The van der Waals surface area contributed by atoms with Crippen LogP contribution < -0.4 is 5.30 Å². The minimum atomic E-state index is 0.680. The molecule has 0 heterocycles. The van der Waals surface area contributed by atoms with Gasteiger partial charge in [-0.05, 0) is 12.1 Å². The first-order chi connectivity index (χ1) is 3.93. The third-order valence-electron chi connectivity index (χ3n) is 0.978. The van der Waals surface area contributed by atoms with Gasteiger partial charge in [0, 0.05) is 0 Å². The van der Waals surface area contributed by atoms with E-state index in [2.05, 4.69) is 18.4 Å². The molecule has 0 fully saturated rings. The summed E-state index contributed by atoms with van der Waals surface area (Å²) in [6.45, 7) is 0. The molecule has 1 unspecified atom stereocenters. The van der Waals surface area contributed by atoms with Crippen molar-refractivity contribution >= 4 is 19.8 Å². The molecule has 1 heteroatoms. The summed E-state index contributed by atoms with van der Waals surface area (Å²) in [5, 5.41) is 1.33. The standard InChI is InChI=1S/C7H7P/c1-8-7-5-3-2-4-6-7/h2-6H,1H2/p+1. The summed E-state index contributed by atoms with van der Waals surface area (Å²) in [7, 11) is 0.680. The maximum absolute atomic E-state index is 3.78. The van der Waals surface area contributed by atoms with Crippen molar-refractivity contribution in [2.45, 2.75) is 0 Å². The van der Waals surface area contributed by atoms with Crippen molar-refractivity contribution in [1.29, 1.82) is 0 Å².